The van der Waals surface area contributed by atoms with Gasteiger partial charge in [-0.25, -0.2) is 4.39 Å². The van der Waals surface area contributed by atoms with Crippen LogP contribution in [-0.2, 0) is 0 Å². The van der Waals surface area contributed by atoms with Crippen molar-refractivity contribution in [3.63, 3.8) is 0 Å². The number of nitrogens with one attached hydrogen (secondary N) is 1. The summed E-state index contributed by atoms with van der Waals surface area (Å²) >= 11 is 0. The van der Waals surface area contributed by atoms with E-state index >= 15 is 0 Å². The highest BCUT2D eigenvalue weighted by Crippen LogP contribution is 2.21. The zero-order chi connectivity index (χ0) is 15.1. The van der Waals surface area contributed by atoms with Crippen LogP contribution in [0.4, 0.5) is 4.39 Å². The maximum absolute atomic E-state index is 13.5. The highest BCUT2D eigenvalue weighted by atomic mass is 19.1. The van der Waals surface area contributed by atoms with E-state index in [1.54, 1.807) is 12.1 Å². The van der Waals surface area contributed by atoms with Gasteiger partial charge in [-0.2, -0.15) is 0 Å². The maximum Gasteiger partial charge on any atom is 0.254 e. The van der Waals surface area contributed by atoms with Gasteiger partial charge >= 0.3 is 0 Å². The molecule has 1 saturated carbocycles. The summed E-state index contributed by atoms with van der Waals surface area (Å²) in [4.78, 5) is 14.2. The molecular formula is C17H25FN2O. The number of rotatable bonds is 6. The average molecular weight is 292 g/mol. The van der Waals surface area contributed by atoms with E-state index in [1.165, 1.54) is 44.2 Å². The third kappa shape index (κ3) is 4.81. The van der Waals surface area contributed by atoms with Crippen LogP contribution in [0, 0.1) is 5.82 Å². The molecule has 2 rings (SSSR count). The fourth-order valence-electron chi connectivity index (χ4n) is 2.98. The van der Waals surface area contributed by atoms with Crippen molar-refractivity contribution in [2.24, 2.45) is 0 Å². The molecule has 1 N–H and O–H groups in total. The summed E-state index contributed by atoms with van der Waals surface area (Å²) in [7, 11) is 2.16. The molecule has 0 aliphatic heterocycles. The summed E-state index contributed by atoms with van der Waals surface area (Å²) in [5.74, 6) is -0.789. The second-order valence-corrected chi connectivity index (χ2v) is 5.86. The normalized spacial score (nSPS) is 16.1. The molecule has 4 heteroatoms. The third-order valence-electron chi connectivity index (χ3n) is 4.29. The van der Waals surface area contributed by atoms with E-state index in [4.69, 9.17) is 0 Å². The van der Waals surface area contributed by atoms with E-state index in [2.05, 4.69) is 17.3 Å². The van der Waals surface area contributed by atoms with Gasteiger partial charge in [0.15, 0.2) is 0 Å². The van der Waals surface area contributed by atoms with Gasteiger partial charge in [0.2, 0.25) is 0 Å². The summed E-state index contributed by atoms with van der Waals surface area (Å²) in [6, 6.07) is 6.78. The van der Waals surface area contributed by atoms with Crippen molar-refractivity contribution < 1.29 is 9.18 Å². The zero-order valence-corrected chi connectivity index (χ0v) is 12.8. The number of nitrogens with zero attached hydrogens (tertiary/aromatic N) is 1. The molecule has 0 saturated heterocycles. The Bertz CT molecular complexity index is 458. The van der Waals surface area contributed by atoms with Gasteiger partial charge in [-0.3, -0.25) is 4.79 Å². The van der Waals surface area contributed by atoms with Gasteiger partial charge in [0.05, 0.1) is 5.56 Å². The van der Waals surface area contributed by atoms with Crippen LogP contribution in [0.2, 0.25) is 0 Å². The van der Waals surface area contributed by atoms with E-state index in [1.807, 2.05) is 0 Å². The smallest absolute Gasteiger partial charge is 0.254 e. The Kier molecular flexibility index (Phi) is 6.18. The second kappa shape index (κ2) is 8.13. The first-order valence-corrected chi connectivity index (χ1v) is 7.91. The standard InChI is InChI=1S/C17H25FN2O/c1-20(14-8-3-2-4-9-14)13-7-12-19-17(21)15-10-5-6-11-16(15)18/h5-6,10-11,14H,2-4,7-9,12-13H2,1H3,(H,19,21). The van der Waals surface area contributed by atoms with Gasteiger partial charge in [0.25, 0.3) is 5.91 Å². The predicted molar refractivity (Wildman–Crippen MR) is 82.9 cm³/mol. The lowest BCUT2D eigenvalue weighted by atomic mass is 9.94. The Morgan fingerprint density at radius 1 is 1.29 bits per heavy atom. The third-order valence-corrected chi connectivity index (χ3v) is 4.29. The zero-order valence-electron chi connectivity index (χ0n) is 12.8. The highest BCUT2D eigenvalue weighted by molar-refractivity contribution is 5.94. The number of hydrogen-bond acceptors (Lipinski definition) is 2. The van der Waals surface area contributed by atoms with Crippen molar-refractivity contribution in [3.8, 4) is 0 Å². The predicted octanol–water partition coefficient (Wildman–Crippen LogP) is 3.21. The minimum Gasteiger partial charge on any atom is -0.352 e. The van der Waals surface area contributed by atoms with Gasteiger partial charge in [0, 0.05) is 12.6 Å². The molecule has 21 heavy (non-hydrogen) atoms. The number of hydrogen-bond donors (Lipinski definition) is 1. The molecule has 0 radical (unpaired) electrons. The number of halogens is 1. The molecule has 1 aliphatic carbocycles. The average Bonchev–Trinajstić information content (AvgIpc) is 2.52. The molecular weight excluding hydrogens is 267 g/mol. The van der Waals surface area contributed by atoms with Crippen LogP contribution in [0.25, 0.3) is 0 Å². The van der Waals surface area contributed by atoms with Crippen molar-refractivity contribution >= 4 is 5.91 Å². The molecule has 0 aromatic heterocycles. The van der Waals surface area contributed by atoms with Crippen molar-refractivity contribution in [1.29, 1.82) is 0 Å². The molecule has 0 atom stereocenters. The van der Waals surface area contributed by atoms with Gasteiger partial charge in [-0.05, 0) is 45.0 Å². The molecule has 1 amide bonds. The summed E-state index contributed by atoms with van der Waals surface area (Å²) in [6.07, 6.45) is 7.50. The first kappa shape index (κ1) is 16.0. The van der Waals surface area contributed by atoms with Gasteiger partial charge in [0.1, 0.15) is 5.82 Å². The van der Waals surface area contributed by atoms with Gasteiger partial charge in [-0.1, -0.05) is 31.4 Å². The fourth-order valence-corrected chi connectivity index (χ4v) is 2.98. The van der Waals surface area contributed by atoms with Crippen LogP contribution in [0.5, 0.6) is 0 Å². The van der Waals surface area contributed by atoms with Crippen LogP contribution in [0.3, 0.4) is 0 Å². The Morgan fingerprint density at radius 2 is 2.00 bits per heavy atom. The minimum atomic E-state index is -0.464. The van der Waals surface area contributed by atoms with Gasteiger partial charge in [-0.15, -0.1) is 0 Å². The Hall–Kier alpha value is -1.42. The van der Waals surface area contributed by atoms with Crippen molar-refractivity contribution in [2.45, 2.75) is 44.6 Å². The van der Waals surface area contributed by atoms with E-state index in [9.17, 15) is 9.18 Å². The first-order chi connectivity index (χ1) is 10.2. The van der Waals surface area contributed by atoms with E-state index < -0.39 is 5.82 Å². The summed E-state index contributed by atoms with van der Waals surface area (Å²) in [6.45, 7) is 1.56. The quantitative estimate of drug-likeness (QED) is 0.817. The number of amides is 1. The topological polar surface area (TPSA) is 32.3 Å². The Balaban J connectivity index is 1.67. The largest absolute Gasteiger partial charge is 0.352 e. The Labute approximate surface area is 126 Å². The lowest BCUT2D eigenvalue weighted by Gasteiger charge is -2.31. The summed E-state index contributed by atoms with van der Waals surface area (Å²) in [5, 5.41) is 2.79. The molecule has 1 aromatic rings. The molecule has 0 spiro atoms. The molecule has 3 nitrogen and oxygen atoms in total. The van der Waals surface area contributed by atoms with E-state index in [0.717, 1.165) is 13.0 Å². The van der Waals surface area contributed by atoms with Crippen molar-refractivity contribution in [1.82, 2.24) is 10.2 Å². The Morgan fingerprint density at radius 3 is 2.71 bits per heavy atom. The fraction of sp³-hybridized carbons (Fsp3) is 0.588. The van der Waals surface area contributed by atoms with Crippen LogP contribution in [0.15, 0.2) is 24.3 Å². The number of carbonyl (C=O) groups is 1. The monoisotopic (exact) mass is 292 g/mol. The van der Waals surface area contributed by atoms with E-state index in [-0.39, 0.29) is 11.5 Å². The molecule has 116 valence electrons. The lowest BCUT2D eigenvalue weighted by Crippen LogP contribution is -2.36. The number of benzene rings is 1. The number of carbonyl (C=O) groups excluding carboxylic acids is 1. The lowest BCUT2D eigenvalue weighted by molar-refractivity contribution is 0.0946. The molecule has 1 fully saturated rings. The summed E-state index contributed by atoms with van der Waals surface area (Å²) < 4.78 is 13.5. The molecule has 1 aromatic carbocycles. The molecule has 0 bridgehead atoms. The highest BCUT2D eigenvalue weighted by Gasteiger charge is 2.17. The molecule has 0 unspecified atom stereocenters. The summed E-state index contributed by atoms with van der Waals surface area (Å²) in [5.41, 5.74) is 0.123. The van der Waals surface area contributed by atoms with Crippen LogP contribution in [-0.4, -0.2) is 37.0 Å². The SMILES string of the molecule is CN(CCCNC(=O)c1ccccc1F)C1CCCCC1. The molecule has 0 heterocycles. The van der Waals surface area contributed by atoms with Crippen molar-refractivity contribution in [3.05, 3.63) is 35.6 Å². The minimum absolute atomic E-state index is 0.123. The second-order valence-electron chi connectivity index (χ2n) is 5.86. The van der Waals surface area contributed by atoms with Gasteiger partial charge < -0.3 is 10.2 Å². The maximum atomic E-state index is 13.5. The molecule has 1 aliphatic rings. The van der Waals surface area contributed by atoms with Crippen LogP contribution >= 0.6 is 0 Å². The van der Waals surface area contributed by atoms with Crippen LogP contribution < -0.4 is 5.32 Å². The van der Waals surface area contributed by atoms with Crippen LogP contribution in [0.1, 0.15) is 48.9 Å². The first-order valence-electron chi connectivity index (χ1n) is 7.91. The van der Waals surface area contributed by atoms with Crippen molar-refractivity contribution in [2.75, 3.05) is 20.1 Å². The van der Waals surface area contributed by atoms with E-state index in [0.29, 0.717) is 12.6 Å².